The van der Waals surface area contributed by atoms with Crippen LogP contribution in [0.25, 0.3) is 0 Å². The van der Waals surface area contributed by atoms with E-state index in [1.54, 1.807) is 20.0 Å². The van der Waals surface area contributed by atoms with Crippen molar-refractivity contribution in [3.05, 3.63) is 69.2 Å². The number of benzene rings is 2. The summed E-state index contributed by atoms with van der Waals surface area (Å²) in [4.78, 5) is 0. The minimum atomic E-state index is -0.343. The van der Waals surface area contributed by atoms with Gasteiger partial charge in [0.2, 0.25) is 0 Å². The zero-order valence-corrected chi connectivity index (χ0v) is 12.4. The van der Waals surface area contributed by atoms with Gasteiger partial charge in [-0.2, -0.15) is 0 Å². The van der Waals surface area contributed by atoms with E-state index in [1.165, 1.54) is 18.2 Å². The quantitative estimate of drug-likeness (QED) is 0.876. The molecular formula is C16H16ClF2N. The molecule has 2 aromatic carbocycles. The molecule has 106 valence electrons. The van der Waals surface area contributed by atoms with E-state index in [0.717, 1.165) is 16.7 Å². The summed E-state index contributed by atoms with van der Waals surface area (Å²) in [6, 6.07) is 7.52. The minimum absolute atomic E-state index is 0.281. The molecule has 0 aliphatic rings. The number of hydrogen-bond acceptors (Lipinski definition) is 1. The lowest BCUT2D eigenvalue weighted by Gasteiger charge is -2.20. The van der Waals surface area contributed by atoms with Crippen LogP contribution in [0, 0.1) is 25.5 Å². The van der Waals surface area contributed by atoms with Gasteiger partial charge in [0.15, 0.2) is 0 Å². The predicted molar refractivity (Wildman–Crippen MR) is 78.2 cm³/mol. The maximum absolute atomic E-state index is 13.6. The van der Waals surface area contributed by atoms with Crippen molar-refractivity contribution in [2.45, 2.75) is 19.9 Å². The molecule has 0 heterocycles. The van der Waals surface area contributed by atoms with E-state index < -0.39 is 0 Å². The molecule has 0 saturated heterocycles. The highest BCUT2D eigenvalue weighted by Crippen LogP contribution is 2.31. The van der Waals surface area contributed by atoms with Crippen LogP contribution in [0.15, 0.2) is 30.3 Å². The Bertz CT molecular complexity index is 620. The van der Waals surface area contributed by atoms with Crippen LogP contribution in [0.3, 0.4) is 0 Å². The van der Waals surface area contributed by atoms with E-state index >= 15 is 0 Å². The van der Waals surface area contributed by atoms with Gasteiger partial charge in [-0.1, -0.05) is 17.7 Å². The van der Waals surface area contributed by atoms with Gasteiger partial charge >= 0.3 is 0 Å². The number of rotatable bonds is 3. The van der Waals surface area contributed by atoms with Crippen molar-refractivity contribution in [1.82, 2.24) is 5.32 Å². The zero-order valence-electron chi connectivity index (χ0n) is 11.6. The Kier molecular flexibility index (Phi) is 4.41. The smallest absolute Gasteiger partial charge is 0.127 e. The van der Waals surface area contributed by atoms with Gasteiger partial charge in [-0.15, -0.1) is 0 Å². The molecule has 0 amide bonds. The van der Waals surface area contributed by atoms with Gasteiger partial charge in [-0.25, -0.2) is 8.78 Å². The van der Waals surface area contributed by atoms with Crippen LogP contribution in [-0.4, -0.2) is 7.05 Å². The van der Waals surface area contributed by atoms with Crippen molar-refractivity contribution in [2.75, 3.05) is 7.05 Å². The molecule has 20 heavy (non-hydrogen) atoms. The van der Waals surface area contributed by atoms with Crippen molar-refractivity contribution in [3.63, 3.8) is 0 Å². The number of aryl methyl sites for hydroxylation is 2. The Labute approximate surface area is 122 Å². The highest BCUT2D eigenvalue weighted by Gasteiger charge is 2.18. The number of hydrogen-bond donors (Lipinski definition) is 1. The number of halogens is 3. The highest BCUT2D eigenvalue weighted by atomic mass is 35.5. The van der Waals surface area contributed by atoms with E-state index in [0.29, 0.717) is 10.6 Å². The molecule has 0 saturated carbocycles. The lowest BCUT2D eigenvalue weighted by atomic mass is 9.96. The molecule has 0 radical (unpaired) electrons. The van der Waals surface area contributed by atoms with Crippen molar-refractivity contribution in [2.24, 2.45) is 0 Å². The average molecular weight is 296 g/mol. The molecule has 2 aromatic rings. The van der Waals surface area contributed by atoms with E-state index in [1.807, 2.05) is 13.0 Å². The first-order valence-electron chi connectivity index (χ1n) is 6.32. The molecule has 0 aromatic heterocycles. The maximum Gasteiger partial charge on any atom is 0.127 e. The molecule has 1 nitrogen and oxygen atoms in total. The summed E-state index contributed by atoms with van der Waals surface area (Å²) < 4.78 is 27.1. The molecule has 1 atom stereocenters. The molecule has 1 N–H and O–H groups in total. The van der Waals surface area contributed by atoms with Gasteiger partial charge in [0.25, 0.3) is 0 Å². The van der Waals surface area contributed by atoms with Gasteiger partial charge in [-0.05, 0) is 67.4 Å². The monoisotopic (exact) mass is 295 g/mol. The molecule has 0 fully saturated rings. The first-order valence-corrected chi connectivity index (χ1v) is 6.70. The second-order valence-electron chi connectivity index (χ2n) is 4.91. The minimum Gasteiger partial charge on any atom is -0.309 e. The standard InChI is InChI=1S/C16H16ClF2N/c1-9-4-11(7-12(18)5-9)16(20-3)13-6-10(2)15(19)8-14(13)17/h4-8,16,20H,1-3H3. The second kappa shape index (κ2) is 5.90. The Hall–Kier alpha value is -1.45. The third-order valence-electron chi connectivity index (χ3n) is 3.28. The molecular weight excluding hydrogens is 280 g/mol. The van der Waals surface area contributed by atoms with Crippen molar-refractivity contribution in [1.29, 1.82) is 0 Å². The third-order valence-corrected chi connectivity index (χ3v) is 3.60. The van der Waals surface area contributed by atoms with Crippen LogP contribution in [0.2, 0.25) is 5.02 Å². The topological polar surface area (TPSA) is 12.0 Å². The fourth-order valence-corrected chi connectivity index (χ4v) is 2.59. The summed E-state index contributed by atoms with van der Waals surface area (Å²) in [6.45, 7) is 3.51. The van der Waals surface area contributed by atoms with Crippen molar-refractivity contribution >= 4 is 11.6 Å². The van der Waals surface area contributed by atoms with Gasteiger partial charge in [0, 0.05) is 5.02 Å². The average Bonchev–Trinajstić information content (AvgIpc) is 2.35. The maximum atomic E-state index is 13.6. The number of nitrogens with one attached hydrogen (secondary N) is 1. The lowest BCUT2D eigenvalue weighted by molar-refractivity contribution is 0.608. The van der Waals surface area contributed by atoms with Crippen molar-refractivity contribution in [3.8, 4) is 0 Å². The van der Waals surface area contributed by atoms with Crippen molar-refractivity contribution < 1.29 is 8.78 Å². The SMILES string of the molecule is CNC(c1cc(C)cc(F)c1)c1cc(C)c(F)cc1Cl. The Morgan fingerprint density at radius 2 is 1.75 bits per heavy atom. The van der Waals surface area contributed by atoms with Gasteiger partial charge < -0.3 is 5.32 Å². The Morgan fingerprint density at radius 3 is 2.35 bits per heavy atom. The molecule has 4 heteroatoms. The van der Waals surface area contributed by atoms with Crippen LogP contribution in [-0.2, 0) is 0 Å². The molecule has 0 aliphatic carbocycles. The summed E-state index contributed by atoms with van der Waals surface area (Å²) in [5.41, 5.74) is 2.84. The van der Waals surface area contributed by atoms with E-state index in [9.17, 15) is 8.78 Å². The Morgan fingerprint density at radius 1 is 1.05 bits per heavy atom. The summed E-state index contributed by atoms with van der Waals surface area (Å²) in [5.74, 6) is -0.640. The fraction of sp³-hybridized carbons (Fsp3) is 0.250. The summed E-state index contributed by atoms with van der Waals surface area (Å²) >= 11 is 6.13. The summed E-state index contributed by atoms with van der Waals surface area (Å²) in [7, 11) is 1.76. The van der Waals surface area contributed by atoms with Crippen LogP contribution in [0.4, 0.5) is 8.78 Å². The van der Waals surface area contributed by atoms with Crippen LogP contribution < -0.4 is 5.32 Å². The summed E-state index contributed by atoms with van der Waals surface area (Å²) in [6.07, 6.45) is 0. The first-order chi connectivity index (χ1) is 9.42. The van der Waals surface area contributed by atoms with Crippen LogP contribution in [0.5, 0.6) is 0 Å². The third kappa shape index (κ3) is 3.00. The zero-order chi connectivity index (χ0) is 14.9. The summed E-state index contributed by atoms with van der Waals surface area (Å²) in [5, 5.41) is 3.43. The van der Waals surface area contributed by atoms with Gasteiger partial charge in [0.05, 0.1) is 6.04 Å². The second-order valence-corrected chi connectivity index (χ2v) is 5.31. The normalized spacial score (nSPS) is 12.5. The fourth-order valence-electron chi connectivity index (χ4n) is 2.33. The van der Waals surface area contributed by atoms with Gasteiger partial charge in [0.1, 0.15) is 11.6 Å². The van der Waals surface area contributed by atoms with E-state index in [4.69, 9.17) is 11.6 Å². The molecule has 0 bridgehead atoms. The first kappa shape index (κ1) is 14.9. The lowest BCUT2D eigenvalue weighted by Crippen LogP contribution is -2.18. The largest absolute Gasteiger partial charge is 0.309 e. The molecule has 0 aliphatic heterocycles. The van der Waals surface area contributed by atoms with Gasteiger partial charge in [-0.3, -0.25) is 0 Å². The van der Waals surface area contributed by atoms with Crippen LogP contribution in [0.1, 0.15) is 28.3 Å². The molecule has 0 spiro atoms. The van der Waals surface area contributed by atoms with E-state index in [2.05, 4.69) is 5.32 Å². The molecule has 1 unspecified atom stereocenters. The highest BCUT2D eigenvalue weighted by molar-refractivity contribution is 6.31. The molecule has 2 rings (SSSR count). The Balaban J connectivity index is 2.55. The van der Waals surface area contributed by atoms with E-state index in [-0.39, 0.29) is 17.7 Å². The van der Waals surface area contributed by atoms with Crippen LogP contribution >= 0.6 is 11.6 Å². The predicted octanol–water partition coefficient (Wildman–Crippen LogP) is 4.54.